The molecule has 17 heavy (non-hydrogen) atoms. The first kappa shape index (κ1) is 12.4. The summed E-state index contributed by atoms with van der Waals surface area (Å²) < 4.78 is 0. The van der Waals surface area contributed by atoms with E-state index in [4.69, 9.17) is 0 Å². The molecule has 0 radical (unpaired) electrons. The standard InChI is InChI=1S/C12H21N5/c1-16-6-8-17(9-7-16)5-4-14-11-12-10-13-2-3-15-12/h2-3,10,14H,4-9,11H2,1H3. The summed E-state index contributed by atoms with van der Waals surface area (Å²) in [6, 6.07) is 0. The number of nitrogens with zero attached hydrogens (tertiary/aromatic N) is 4. The van der Waals surface area contributed by atoms with Crippen LogP contribution < -0.4 is 5.32 Å². The fourth-order valence-electron chi connectivity index (χ4n) is 1.95. The normalized spacial score (nSPS) is 18.4. The van der Waals surface area contributed by atoms with Crippen LogP contribution in [-0.2, 0) is 6.54 Å². The first-order chi connectivity index (χ1) is 8.34. The van der Waals surface area contributed by atoms with Crippen LogP contribution in [0.1, 0.15) is 5.69 Å². The molecule has 0 aliphatic carbocycles. The van der Waals surface area contributed by atoms with Crippen molar-refractivity contribution in [3.63, 3.8) is 0 Å². The molecule has 2 rings (SSSR count). The summed E-state index contributed by atoms with van der Waals surface area (Å²) >= 11 is 0. The highest BCUT2D eigenvalue weighted by Gasteiger charge is 2.12. The maximum Gasteiger partial charge on any atom is 0.0724 e. The fraction of sp³-hybridized carbons (Fsp3) is 0.667. The summed E-state index contributed by atoms with van der Waals surface area (Å²) in [5.74, 6) is 0. The molecule has 1 aliphatic rings. The van der Waals surface area contributed by atoms with Gasteiger partial charge in [-0.1, -0.05) is 0 Å². The van der Waals surface area contributed by atoms with Crippen LogP contribution in [0, 0.1) is 0 Å². The van der Waals surface area contributed by atoms with Crippen molar-refractivity contribution in [2.45, 2.75) is 6.54 Å². The van der Waals surface area contributed by atoms with E-state index in [-0.39, 0.29) is 0 Å². The van der Waals surface area contributed by atoms with Crippen LogP contribution in [0.2, 0.25) is 0 Å². The highest BCUT2D eigenvalue weighted by atomic mass is 15.2. The van der Waals surface area contributed by atoms with Crippen LogP contribution >= 0.6 is 0 Å². The van der Waals surface area contributed by atoms with Crippen molar-refractivity contribution in [3.05, 3.63) is 24.3 Å². The minimum Gasteiger partial charge on any atom is -0.310 e. The zero-order valence-corrected chi connectivity index (χ0v) is 10.5. The van der Waals surface area contributed by atoms with Gasteiger partial charge in [0.1, 0.15) is 0 Å². The van der Waals surface area contributed by atoms with Crippen LogP contribution in [0.4, 0.5) is 0 Å². The molecule has 1 aromatic rings. The van der Waals surface area contributed by atoms with E-state index in [0.29, 0.717) is 0 Å². The van der Waals surface area contributed by atoms with Crippen LogP contribution in [0.5, 0.6) is 0 Å². The molecule has 0 saturated carbocycles. The molecule has 5 heteroatoms. The molecule has 1 saturated heterocycles. The van der Waals surface area contributed by atoms with Gasteiger partial charge in [0.05, 0.1) is 5.69 Å². The molecule has 5 nitrogen and oxygen atoms in total. The number of rotatable bonds is 5. The van der Waals surface area contributed by atoms with E-state index in [9.17, 15) is 0 Å². The molecule has 1 aliphatic heterocycles. The predicted octanol–water partition coefficient (Wildman–Crippen LogP) is -0.186. The van der Waals surface area contributed by atoms with E-state index in [2.05, 4.69) is 32.1 Å². The zero-order valence-electron chi connectivity index (χ0n) is 10.5. The maximum absolute atomic E-state index is 4.23. The van der Waals surface area contributed by atoms with Gasteiger partial charge in [-0.3, -0.25) is 14.9 Å². The number of piperazine rings is 1. The van der Waals surface area contributed by atoms with Gasteiger partial charge in [-0.15, -0.1) is 0 Å². The van der Waals surface area contributed by atoms with Gasteiger partial charge in [-0.05, 0) is 7.05 Å². The Bertz CT molecular complexity index is 308. The van der Waals surface area contributed by atoms with Crippen LogP contribution in [0.3, 0.4) is 0 Å². The maximum atomic E-state index is 4.23. The van der Waals surface area contributed by atoms with Crippen molar-refractivity contribution in [2.75, 3.05) is 46.3 Å². The molecular formula is C12H21N5. The van der Waals surface area contributed by atoms with Gasteiger partial charge in [0.25, 0.3) is 0 Å². The van der Waals surface area contributed by atoms with E-state index in [1.165, 1.54) is 26.2 Å². The third-order valence-corrected chi connectivity index (χ3v) is 3.12. The van der Waals surface area contributed by atoms with Crippen molar-refractivity contribution in [3.8, 4) is 0 Å². The Labute approximate surface area is 103 Å². The number of aromatic nitrogens is 2. The van der Waals surface area contributed by atoms with Crippen LogP contribution in [0.15, 0.2) is 18.6 Å². The minimum atomic E-state index is 0.807. The average molecular weight is 235 g/mol. The largest absolute Gasteiger partial charge is 0.310 e. The number of hydrogen-bond acceptors (Lipinski definition) is 5. The number of nitrogens with one attached hydrogen (secondary N) is 1. The summed E-state index contributed by atoms with van der Waals surface area (Å²) in [6.07, 6.45) is 5.24. The first-order valence-corrected chi connectivity index (χ1v) is 6.21. The molecule has 0 atom stereocenters. The topological polar surface area (TPSA) is 44.3 Å². The second-order valence-corrected chi connectivity index (χ2v) is 4.52. The summed E-state index contributed by atoms with van der Waals surface area (Å²) in [5, 5.41) is 3.40. The van der Waals surface area contributed by atoms with Crippen LogP contribution in [-0.4, -0.2) is 66.1 Å². The molecule has 0 amide bonds. The lowest BCUT2D eigenvalue weighted by Crippen LogP contribution is -2.46. The van der Waals surface area contributed by atoms with Gasteiger partial charge < -0.3 is 10.2 Å². The Morgan fingerprint density at radius 2 is 2.06 bits per heavy atom. The molecule has 2 heterocycles. The SMILES string of the molecule is CN1CCN(CCNCc2cnccn2)CC1. The molecule has 1 aromatic heterocycles. The monoisotopic (exact) mass is 235 g/mol. The van der Waals surface area contributed by atoms with Gasteiger partial charge in [0, 0.05) is 64.4 Å². The molecule has 0 aromatic carbocycles. The minimum absolute atomic E-state index is 0.807. The smallest absolute Gasteiger partial charge is 0.0724 e. The van der Waals surface area contributed by atoms with E-state index in [0.717, 1.165) is 25.3 Å². The Morgan fingerprint density at radius 1 is 1.24 bits per heavy atom. The Morgan fingerprint density at radius 3 is 2.76 bits per heavy atom. The number of likely N-dealkylation sites (N-methyl/N-ethyl adjacent to an activating group) is 1. The molecule has 0 spiro atoms. The second-order valence-electron chi connectivity index (χ2n) is 4.52. The number of hydrogen-bond donors (Lipinski definition) is 1. The summed E-state index contributed by atoms with van der Waals surface area (Å²) in [6.45, 7) is 7.68. The quantitative estimate of drug-likeness (QED) is 0.717. The Balaban J connectivity index is 1.57. The lowest BCUT2D eigenvalue weighted by molar-refractivity contribution is 0.154. The van der Waals surface area contributed by atoms with Gasteiger partial charge >= 0.3 is 0 Å². The first-order valence-electron chi connectivity index (χ1n) is 6.21. The van der Waals surface area contributed by atoms with Crippen molar-refractivity contribution < 1.29 is 0 Å². The fourth-order valence-corrected chi connectivity index (χ4v) is 1.95. The third-order valence-electron chi connectivity index (χ3n) is 3.12. The average Bonchev–Trinajstić information content (AvgIpc) is 2.38. The zero-order chi connectivity index (χ0) is 11.9. The lowest BCUT2D eigenvalue weighted by Gasteiger charge is -2.32. The van der Waals surface area contributed by atoms with E-state index < -0.39 is 0 Å². The van der Waals surface area contributed by atoms with E-state index in [1.54, 1.807) is 12.4 Å². The van der Waals surface area contributed by atoms with Crippen molar-refractivity contribution in [2.24, 2.45) is 0 Å². The van der Waals surface area contributed by atoms with E-state index >= 15 is 0 Å². The van der Waals surface area contributed by atoms with Crippen molar-refractivity contribution in [1.29, 1.82) is 0 Å². The van der Waals surface area contributed by atoms with Gasteiger partial charge in [-0.25, -0.2) is 0 Å². The van der Waals surface area contributed by atoms with E-state index in [1.807, 2.05) is 6.20 Å². The van der Waals surface area contributed by atoms with Gasteiger partial charge in [0.15, 0.2) is 0 Å². The Hall–Kier alpha value is -1.04. The second kappa shape index (κ2) is 6.64. The van der Waals surface area contributed by atoms with Crippen molar-refractivity contribution in [1.82, 2.24) is 25.1 Å². The van der Waals surface area contributed by atoms with Crippen LogP contribution in [0.25, 0.3) is 0 Å². The predicted molar refractivity (Wildman–Crippen MR) is 67.7 cm³/mol. The molecule has 0 unspecified atom stereocenters. The highest BCUT2D eigenvalue weighted by molar-refractivity contribution is 4.93. The summed E-state index contributed by atoms with van der Waals surface area (Å²) in [7, 11) is 2.18. The Kier molecular flexibility index (Phi) is 4.85. The summed E-state index contributed by atoms with van der Waals surface area (Å²) in [4.78, 5) is 13.2. The molecule has 1 N–H and O–H groups in total. The van der Waals surface area contributed by atoms with Gasteiger partial charge in [0.2, 0.25) is 0 Å². The molecule has 0 bridgehead atoms. The lowest BCUT2D eigenvalue weighted by atomic mass is 10.3. The third kappa shape index (κ3) is 4.38. The summed E-state index contributed by atoms with van der Waals surface area (Å²) in [5.41, 5.74) is 1.01. The molecule has 94 valence electrons. The molecular weight excluding hydrogens is 214 g/mol. The molecule has 1 fully saturated rings. The highest BCUT2D eigenvalue weighted by Crippen LogP contribution is 1.97. The van der Waals surface area contributed by atoms with Crippen molar-refractivity contribution >= 4 is 0 Å². The van der Waals surface area contributed by atoms with Gasteiger partial charge in [-0.2, -0.15) is 0 Å².